The summed E-state index contributed by atoms with van der Waals surface area (Å²) in [7, 11) is 0. The van der Waals surface area contributed by atoms with Crippen LogP contribution in [0.2, 0.25) is 0 Å². The van der Waals surface area contributed by atoms with E-state index in [0.29, 0.717) is 12.2 Å². The molecule has 0 amide bonds. The van der Waals surface area contributed by atoms with Crippen LogP contribution < -0.4 is 5.32 Å². The van der Waals surface area contributed by atoms with Gasteiger partial charge in [-0.15, -0.1) is 0 Å². The van der Waals surface area contributed by atoms with Crippen molar-refractivity contribution in [2.75, 3.05) is 5.32 Å². The monoisotopic (exact) mass is 610 g/mol. The topological polar surface area (TPSA) is 157 Å². The Labute approximate surface area is 217 Å². The number of halogens is 7. The smallest absolute Gasteiger partial charge is 0.475 e. The molecule has 3 heterocycles. The maximum Gasteiger partial charge on any atom is 0.490 e. The molecule has 5 N–H and O–H groups in total. The Balaban J connectivity index is 0.000000301. The number of carboxylic acids is 2. The fourth-order valence-electron chi connectivity index (χ4n) is 2.51. The highest BCUT2D eigenvalue weighted by atomic mass is 79.9. The number of anilines is 1. The molecular formula is C21H17BrF6N6O4. The normalized spacial score (nSPS) is 11.2. The number of alkyl halides is 6. The molecule has 0 fully saturated rings. The van der Waals surface area contributed by atoms with Gasteiger partial charge in [-0.1, -0.05) is 0 Å². The molecule has 17 heteroatoms. The third-order valence-electron chi connectivity index (χ3n) is 4.34. The van der Waals surface area contributed by atoms with Gasteiger partial charge >= 0.3 is 24.3 Å². The summed E-state index contributed by atoms with van der Waals surface area (Å²) < 4.78 is 64.4. The molecule has 3 aromatic heterocycles. The number of fused-ring (bicyclic) bond motifs is 1. The number of carbonyl (C=O) groups is 2. The fraction of sp³-hybridized carbons (Fsp3) is 0.190. The average molecular weight is 611 g/mol. The number of H-pyrrole nitrogens is 2. The maximum absolute atomic E-state index is 10.6. The number of benzene rings is 1. The third kappa shape index (κ3) is 9.06. The molecule has 0 unspecified atom stereocenters. The van der Waals surface area contributed by atoms with E-state index >= 15 is 0 Å². The maximum atomic E-state index is 10.6. The molecule has 204 valence electrons. The molecule has 0 aliphatic heterocycles. The number of hydrogen-bond donors (Lipinski definition) is 5. The van der Waals surface area contributed by atoms with Crippen molar-refractivity contribution < 1.29 is 46.1 Å². The Morgan fingerprint density at radius 3 is 2.03 bits per heavy atom. The Hall–Kier alpha value is -4.15. The van der Waals surface area contributed by atoms with E-state index < -0.39 is 24.3 Å². The first-order valence-electron chi connectivity index (χ1n) is 10.0. The van der Waals surface area contributed by atoms with Gasteiger partial charge in [-0.05, 0) is 53.2 Å². The zero-order valence-corrected chi connectivity index (χ0v) is 20.5. The molecule has 0 radical (unpaired) electrons. The SMILES string of the molecule is Cc1[nH]cnc1CNc1ccc(-c2nc3ncc(Br)cc3[nH]2)cc1.O=C(O)C(F)(F)F.O=C(O)C(F)(F)F. The summed E-state index contributed by atoms with van der Waals surface area (Å²) in [6, 6.07) is 10.1. The predicted octanol–water partition coefficient (Wildman–Crippen LogP) is 5.30. The highest BCUT2D eigenvalue weighted by molar-refractivity contribution is 9.10. The van der Waals surface area contributed by atoms with Gasteiger partial charge in [0.1, 0.15) is 5.82 Å². The number of aromatic amines is 2. The van der Waals surface area contributed by atoms with E-state index in [2.05, 4.69) is 46.2 Å². The van der Waals surface area contributed by atoms with E-state index in [9.17, 15) is 26.3 Å². The number of imidazole rings is 2. The lowest BCUT2D eigenvalue weighted by Gasteiger charge is -2.06. The third-order valence-corrected chi connectivity index (χ3v) is 4.78. The largest absolute Gasteiger partial charge is 0.490 e. The van der Waals surface area contributed by atoms with Gasteiger partial charge in [-0.2, -0.15) is 26.3 Å². The molecule has 0 bridgehead atoms. The minimum absolute atomic E-state index is 0.692. The molecule has 0 aliphatic carbocycles. The number of nitrogens with one attached hydrogen (secondary N) is 3. The van der Waals surface area contributed by atoms with E-state index in [4.69, 9.17) is 19.8 Å². The highest BCUT2D eigenvalue weighted by Gasteiger charge is 2.38. The Morgan fingerprint density at radius 2 is 1.55 bits per heavy atom. The van der Waals surface area contributed by atoms with Gasteiger partial charge in [0.15, 0.2) is 5.65 Å². The Bertz CT molecular complexity index is 1360. The number of hydrogen-bond acceptors (Lipinski definition) is 6. The van der Waals surface area contributed by atoms with Gasteiger partial charge in [-0.3, -0.25) is 0 Å². The van der Waals surface area contributed by atoms with Crippen LogP contribution in [-0.4, -0.2) is 59.4 Å². The van der Waals surface area contributed by atoms with Crippen LogP contribution in [0.1, 0.15) is 11.4 Å². The van der Waals surface area contributed by atoms with E-state index in [0.717, 1.165) is 38.5 Å². The minimum Gasteiger partial charge on any atom is -0.475 e. The summed E-state index contributed by atoms with van der Waals surface area (Å²) in [6.45, 7) is 2.71. The first kappa shape index (κ1) is 30.1. The number of aliphatic carboxylic acids is 2. The van der Waals surface area contributed by atoms with Crippen LogP contribution in [0.4, 0.5) is 32.0 Å². The fourth-order valence-corrected chi connectivity index (χ4v) is 2.84. The summed E-state index contributed by atoms with van der Waals surface area (Å²) in [5.41, 5.74) is 5.79. The van der Waals surface area contributed by atoms with Crippen molar-refractivity contribution in [1.29, 1.82) is 0 Å². The minimum atomic E-state index is -5.08. The second-order valence-corrected chi connectivity index (χ2v) is 8.04. The first-order chi connectivity index (χ1) is 17.6. The van der Waals surface area contributed by atoms with E-state index in [1.54, 1.807) is 12.5 Å². The van der Waals surface area contributed by atoms with Gasteiger partial charge in [0.2, 0.25) is 0 Å². The standard InChI is InChI=1S/C17H15BrN6.2C2HF3O2/c1-10-15(22-9-21-10)8-19-13-4-2-11(3-5-13)16-23-14-6-12(18)7-20-17(14)24-16;2*3-2(4,5)1(6)7/h2-7,9,19H,8H2,1H3,(H,21,22)(H,20,23,24);2*(H,6,7). The molecule has 1 aromatic carbocycles. The van der Waals surface area contributed by atoms with Crippen LogP contribution in [0, 0.1) is 6.92 Å². The van der Waals surface area contributed by atoms with Crippen molar-refractivity contribution in [3.63, 3.8) is 0 Å². The molecule has 0 saturated carbocycles. The van der Waals surface area contributed by atoms with Crippen molar-refractivity contribution in [1.82, 2.24) is 24.9 Å². The van der Waals surface area contributed by atoms with Crippen molar-refractivity contribution >= 4 is 44.7 Å². The van der Waals surface area contributed by atoms with Crippen LogP contribution in [0.5, 0.6) is 0 Å². The number of aryl methyl sites for hydroxylation is 1. The average Bonchev–Trinajstić information content (AvgIpc) is 3.43. The number of nitrogens with zero attached hydrogens (tertiary/aromatic N) is 3. The van der Waals surface area contributed by atoms with Crippen LogP contribution in [-0.2, 0) is 16.1 Å². The summed E-state index contributed by atoms with van der Waals surface area (Å²) in [5, 5.41) is 17.6. The van der Waals surface area contributed by atoms with Gasteiger partial charge in [0.05, 0.1) is 24.1 Å². The van der Waals surface area contributed by atoms with Gasteiger partial charge < -0.3 is 25.5 Å². The molecular weight excluding hydrogens is 594 g/mol. The van der Waals surface area contributed by atoms with Crippen LogP contribution >= 0.6 is 15.9 Å². The molecule has 0 aliphatic rings. The van der Waals surface area contributed by atoms with Gasteiger partial charge in [0, 0.05) is 27.6 Å². The van der Waals surface area contributed by atoms with E-state index in [1.165, 1.54) is 0 Å². The second kappa shape index (κ2) is 12.4. The number of pyridine rings is 1. The Kier molecular flexibility index (Phi) is 9.81. The molecule has 0 atom stereocenters. The number of aromatic nitrogens is 5. The van der Waals surface area contributed by atoms with E-state index in [-0.39, 0.29) is 0 Å². The highest BCUT2D eigenvalue weighted by Crippen LogP contribution is 2.23. The van der Waals surface area contributed by atoms with Crippen LogP contribution in [0.15, 0.2) is 47.3 Å². The zero-order valence-electron chi connectivity index (χ0n) is 18.9. The first-order valence-corrected chi connectivity index (χ1v) is 10.8. The molecule has 0 saturated heterocycles. The molecule has 10 nitrogen and oxygen atoms in total. The molecule has 4 rings (SSSR count). The van der Waals surface area contributed by atoms with Crippen LogP contribution in [0.3, 0.4) is 0 Å². The molecule has 0 spiro atoms. The van der Waals surface area contributed by atoms with Gasteiger partial charge in [0.25, 0.3) is 0 Å². The second-order valence-electron chi connectivity index (χ2n) is 7.12. The predicted molar refractivity (Wildman–Crippen MR) is 125 cm³/mol. The lowest BCUT2D eigenvalue weighted by Crippen LogP contribution is -2.21. The van der Waals surface area contributed by atoms with Crippen molar-refractivity contribution in [3.05, 3.63) is 58.7 Å². The zero-order chi connectivity index (χ0) is 28.7. The van der Waals surface area contributed by atoms with Crippen molar-refractivity contribution in [2.24, 2.45) is 0 Å². The Morgan fingerprint density at radius 1 is 1.00 bits per heavy atom. The quantitative estimate of drug-likeness (QED) is 0.195. The number of carboxylic acid groups (broad SMARTS) is 2. The van der Waals surface area contributed by atoms with Crippen molar-refractivity contribution in [2.45, 2.75) is 25.8 Å². The van der Waals surface area contributed by atoms with E-state index in [1.807, 2.05) is 37.3 Å². The summed E-state index contributed by atoms with van der Waals surface area (Å²) >= 11 is 3.42. The van der Waals surface area contributed by atoms with Crippen LogP contribution in [0.25, 0.3) is 22.6 Å². The molecule has 4 aromatic rings. The summed E-state index contributed by atoms with van der Waals surface area (Å²) in [6.07, 6.45) is -6.71. The molecule has 38 heavy (non-hydrogen) atoms. The number of rotatable bonds is 4. The van der Waals surface area contributed by atoms with Gasteiger partial charge in [-0.25, -0.2) is 24.5 Å². The summed E-state index contributed by atoms with van der Waals surface area (Å²) in [4.78, 5) is 37.3. The lowest BCUT2D eigenvalue weighted by molar-refractivity contribution is -0.193. The summed E-state index contributed by atoms with van der Waals surface area (Å²) in [5.74, 6) is -4.70. The lowest BCUT2D eigenvalue weighted by atomic mass is 10.2. The van der Waals surface area contributed by atoms with Crippen molar-refractivity contribution in [3.8, 4) is 11.4 Å².